The molecule has 1 heterocycles. The molecule has 3 nitrogen and oxygen atoms in total. The van der Waals surface area contributed by atoms with Gasteiger partial charge in [-0.25, -0.2) is 0 Å². The van der Waals surface area contributed by atoms with Crippen molar-refractivity contribution in [3.63, 3.8) is 0 Å². The summed E-state index contributed by atoms with van der Waals surface area (Å²) in [6.07, 6.45) is 1.25. The van der Waals surface area contributed by atoms with E-state index in [1.165, 1.54) is 18.5 Å². The van der Waals surface area contributed by atoms with Crippen LogP contribution in [-0.4, -0.2) is 38.2 Å². The summed E-state index contributed by atoms with van der Waals surface area (Å²) in [5, 5.41) is 0. The van der Waals surface area contributed by atoms with Crippen molar-refractivity contribution in [2.75, 3.05) is 33.3 Å². The van der Waals surface area contributed by atoms with Crippen LogP contribution in [0.2, 0.25) is 0 Å². The van der Waals surface area contributed by atoms with Crippen molar-refractivity contribution in [2.24, 2.45) is 17.6 Å². The lowest BCUT2D eigenvalue weighted by atomic mass is 9.92. The zero-order chi connectivity index (χ0) is 13.0. The molecular formula is C15H24N2O. The second-order valence-corrected chi connectivity index (χ2v) is 5.43. The van der Waals surface area contributed by atoms with Gasteiger partial charge in [0.2, 0.25) is 0 Å². The molecule has 3 heteroatoms. The molecule has 1 saturated heterocycles. The molecule has 0 aromatic heterocycles. The highest BCUT2D eigenvalue weighted by molar-refractivity contribution is 5.26. The van der Waals surface area contributed by atoms with E-state index in [0.717, 1.165) is 18.9 Å². The Labute approximate surface area is 110 Å². The van der Waals surface area contributed by atoms with E-state index < -0.39 is 0 Å². The normalized spacial score (nSPS) is 22.1. The van der Waals surface area contributed by atoms with Crippen LogP contribution in [-0.2, 0) is 0 Å². The predicted molar refractivity (Wildman–Crippen MR) is 74.8 cm³/mol. The molecular weight excluding hydrogens is 224 g/mol. The standard InChI is InChI=1S/C15H24N2O/c1-12-3-5-15(6-4-12)18-11-14(9-16)13-7-8-17(2)10-13/h3-6,13-14H,7-11,16H2,1-2H3. The molecule has 0 saturated carbocycles. The van der Waals surface area contributed by atoms with Crippen molar-refractivity contribution < 1.29 is 4.74 Å². The van der Waals surface area contributed by atoms with E-state index in [4.69, 9.17) is 10.5 Å². The summed E-state index contributed by atoms with van der Waals surface area (Å²) in [5.41, 5.74) is 7.15. The van der Waals surface area contributed by atoms with E-state index in [1.807, 2.05) is 12.1 Å². The fourth-order valence-corrected chi connectivity index (χ4v) is 2.59. The van der Waals surface area contributed by atoms with Crippen LogP contribution in [0.4, 0.5) is 0 Å². The van der Waals surface area contributed by atoms with Crippen molar-refractivity contribution in [1.29, 1.82) is 0 Å². The molecule has 1 aliphatic rings. The van der Waals surface area contributed by atoms with Crippen molar-refractivity contribution in [3.8, 4) is 5.75 Å². The first-order valence-corrected chi connectivity index (χ1v) is 6.77. The van der Waals surface area contributed by atoms with Gasteiger partial charge in [0.15, 0.2) is 0 Å². The van der Waals surface area contributed by atoms with E-state index in [-0.39, 0.29) is 0 Å². The Bertz CT molecular complexity index is 363. The van der Waals surface area contributed by atoms with Gasteiger partial charge in [-0.2, -0.15) is 0 Å². The molecule has 2 unspecified atom stereocenters. The summed E-state index contributed by atoms with van der Waals surface area (Å²) in [4.78, 5) is 2.37. The van der Waals surface area contributed by atoms with Gasteiger partial charge < -0.3 is 15.4 Å². The van der Waals surface area contributed by atoms with Crippen molar-refractivity contribution in [2.45, 2.75) is 13.3 Å². The second kappa shape index (κ2) is 6.21. The third kappa shape index (κ3) is 3.47. The Hall–Kier alpha value is -1.06. The fraction of sp³-hybridized carbons (Fsp3) is 0.600. The largest absolute Gasteiger partial charge is 0.493 e. The molecule has 2 N–H and O–H groups in total. The van der Waals surface area contributed by atoms with E-state index in [0.29, 0.717) is 18.4 Å². The van der Waals surface area contributed by atoms with Crippen molar-refractivity contribution in [3.05, 3.63) is 29.8 Å². The maximum Gasteiger partial charge on any atom is 0.119 e. The minimum atomic E-state index is 0.469. The van der Waals surface area contributed by atoms with E-state index >= 15 is 0 Å². The van der Waals surface area contributed by atoms with Gasteiger partial charge in [-0.3, -0.25) is 0 Å². The lowest BCUT2D eigenvalue weighted by Crippen LogP contribution is -2.30. The third-order valence-corrected chi connectivity index (χ3v) is 3.88. The Kier molecular flexibility index (Phi) is 4.61. The highest BCUT2D eigenvalue weighted by Crippen LogP contribution is 2.23. The summed E-state index contributed by atoms with van der Waals surface area (Å²) >= 11 is 0. The Morgan fingerprint density at radius 1 is 1.39 bits per heavy atom. The number of likely N-dealkylation sites (tertiary alicyclic amines) is 1. The highest BCUT2D eigenvalue weighted by Gasteiger charge is 2.27. The quantitative estimate of drug-likeness (QED) is 0.865. The summed E-state index contributed by atoms with van der Waals surface area (Å²) in [5.74, 6) is 2.10. The first kappa shape index (κ1) is 13.4. The molecule has 1 aliphatic heterocycles. The minimum absolute atomic E-state index is 0.469. The van der Waals surface area contributed by atoms with Crippen LogP contribution in [0.25, 0.3) is 0 Å². The number of hydrogen-bond acceptors (Lipinski definition) is 3. The topological polar surface area (TPSA) is 38.5 Å². The molecule has 2 atom stereocenters. The van der Waals surface area contributed by atoms with Gasteiger partial charge in [-0.05, 0) is 51.5 Å². The fourth-order valence-electron chi connectivity index (χ4n) is 2.59. The molecule has 0 spiro atoms. The predicted octanol–water partition coefficient (Wildman–Crippen LogP) is 1.90. The highest BCUT2D eigenvalue weighted by atomic mass is 16.5. The van der Waals surface area contributed by atoms with Crippen LogP contribution >= 0.6 is 0 Å². The lowest BCUT2D eigenvalue weighted by molar-refractivity contribution is 0.199. The first-order chi connectivity index (χ1) is 8.69. The summed E-state index contributed by atoms with van der Waals surface area (Å²) in [7, 11) is 2.18. The van der Waals surface area contributed by atoms with E-state index in [9.17, 15) is 0 Å². The van der Waals surface area contributed by atoms with Gasteiger partial charge in [0.1, 0.15) is 5.75 Å². The monoisotopic (exact) mass is 248 g/mol. The Morgan fingerprint density at radius 3 is 2.67 bits per heavy atom. The summed E-state index contributed by atoms with van der Waals surface area (Å²) < 4.78 is 5.86. The van der Waals surface area contributed by atoms with Crippen molar-refractivity contribution in [1.82, 2.24) is 4.90 Å². The van der Waals surface area contributed by atoms with Gasteiger partial charge >= 0.3 is 0 Å². The smallest absolute Gasteiger partial charge is 0.119 e. The van der Waals surface area contributed by atoms with Crippen LogP contribution in [0.3, 0.4) is 0 Å². The summed E-state index contributed by atoms with van der Waals surface area (Å²) in [6.45, 7) is 5.87. The van der Waals surface area contributed by atoms with Gasteiger partial charge in [-0.15, -0.1) is 0 Å². The molecule has 1 fully saturated rings. The molecule has 2 rings (SSSR count). The van der Waals surface area contributed by atoms with Crippen molar-refractivity contribution >= 4 is 0 Å². The Balaban J connectivity index is 1.85. The van der Waals surface area contributed by atoms with Crippen LogP contribution < -0.4 is 10.5 Å². The van der Waals surface area contributed by atoms with E-state index in [2.05, 4.69) is 31.0 Å². The minimum Gasteiger partial charge on any atom is -0.493 e. The molecule has 0 radical (unpaired) electrons. The average molecular weight is 248 g/mol. The number of nitrogens with two attached hydrogens (primary N) is 1. The van der Waals surface area contributed by atoms with Gasteiger partial charge in [-0.1, -0.05) is 17.7 Å². The molecule has 18 heavy (non-hydrogen) atoms. The van der Waals surface area contributed by atoms with Crippen LogP contribution in [0, 0.1) is 18.8 Å². The third-order valence-electron chi connectivity index (χ3n) is 3.88. The molecule has 0 aliphatic carbocycles. The zero-order valence-electron chi connectivity index (χ0n) is 11.4. The van der Waals surface area contributed by atoms with Gasteiger partial charge in [0.25, 0.3) is 0 Å². The lowest BCUT2D eigenvalue weighted by Gasteiger charge is -2.22. The number of nitrogens with zero attached hydrogens (tertiary/aromatic N) is 1. The number of ether oxygens (including phenoxy) is 1. The molecule has 1 aromatic rings. The molecule has 1 aromatic carbocycles. The van der Waals surface area contributed by atoms with Crippen LogP contribution in [0.5, 0.6) is 5.75 Å². The maximum atomic E-state index is 5.89. The van der Waals surface area contributed by atoms with Crippen LogP contribution in [0.1, 0.15) is 12.0 Å². The van der Waals surface area contributed by atoms with Crippen LogP contribution in [0.15, 0.2) is 24.3 Å². The Morgan fingerprint density at radius 2 is 2.11 bits per heavy atom. The SMILES string of the molecule is Cc1ccc(OCC(CN)C2CCN(C)C2)cc1. The van der Waals surface area contributed by atoms with Gasteiger partial charge in [0.05, 0.1) is 6.61 Å². The number of aryl methyl sites for hydroxylation is 1. The molecule has 100 valence electrons. The van der Waals surface area contributed by atoms with E-state index in [1.54, 1.807) is 0 Å². The average Bonchev–Trinajstić information content (AvgIpc) is 2.79. The number of hydrogen-bond donors (Lipinski definition) is 1. The summed E-state index contributed by atoms with van der Waals surface area (Å²) in [6, 6.07) is 8.22. The first-order valence-electron chi connectivity index (χ1n) is 6.77. The molecule has 0 bridgehead atoms. The maximum absolute atomic E-state index is 5.89. The number of benzene rings is 1. The molecule has 0 amide bonds. The zero-order valence-corrected chi connectivity index (χ0v) is 11.4. The van der Waals surface area contributed by atoms with Gasteiger partial charge in [0, 0.05) is 12.5 Å². The number of rotatable bonds is 5. The second-order valence-electron chi connectivity index (χ2n) is 5.43.